The lowest BCUT2D eigenvalue weighted by atomic mass is 10.3. The Morgan fingerprint density at radius 1 is 1.11 bits per heavy atom. The standard InChI is InChI=1S/C12H9FN2O2S/c13-8-3-5-9(6-4-8)14-15-12(17)11(16)10-2-1-7-18-10/h1-7,14H,(H,15,17). The molecule has 1 heterocycles. The Hall–Kier alpha value is -2.21. The summed E-state index contributed by atoms with van der Waals surface area (Å²) in [5.74, 6) is -1.75. The molecule has 0 fully saturated rings. The summed E-state index contributed by atoms with van der Waals surface area (Å²) in [6, 6.07) is 8.66. The number of rotatable bonds is 4. The minimum absolute atomic E-state index is 0.369. The second-order valence-electron chi connectivity index (χ2n) is 3.39. The van der Waals surface area contributed by atoms with Gasteiger partial charge in [0.25, 0.3) is 5.78 Å². The summed E-state index contributed by atoms with van der Waals surface area (Å²) < 4.78 is 12.6. The van der Waals surface area contributed by atoms with Crippen LogP contribution in [0.2, 0.25) is 0 Å². The highest BCUT2D eigenvalue weighted by Crippen LogP contribution is 2.10. The number of hydrazine groups is 1. The summed E-state index contributed by atoms with van der Waals surface area (Å²) in [6.45, 7) is 0. The highest BCUT2D eigenvalue weighted by atomic mass is 32.1. The summed E-state index contributed by atoms with van der Waals surface area (Å²) in [5.41, 5.74) is 5.27. The van der Waals surface area contributed by atoms with Crippen LogP contribution in [0.1, 0.15) is 9.67 Å². The largest absolute Gasteiger partial charge is 0.311 e. The molecule has 0 atom stereocenters. The molecule has 1 aromatic heterocycles. The number of halogens is 1. The number of amides is 1. The number of carbonyl (C=O) groups is 2. The van der Waals surface area contributed by atoms with Crippen molar-refractivity contribution in [2.24, 2.45) is 0 Å². The molecule has 4 nitrogen and oxygen atoms in total. The van der Waals surface area contributed by atoms with E-state index in [0.29, 0.717) is 10.6 Å². The summed E-state index contributed by atoms with van der Waals surface area (Å²) in [7, 11) is 0. The first-order valence-electron chi connectivity index (χ1n) is 5.06. The van der Waals surface area contributed by atoms with Crippen LogP contribution in [0, 0.1) is 5.82 Å². The molecule has 0 saturated carbocycles. The highest BCUT2D eigenvalue weighted by molar-refractivity contribution is 7.13. The summed E-state index contributed by atoms with van der Waals surface area (Å²) in [5, 5.41) is 1.72. The van der Waals surface area contributed by atoms with E-state index in [-0.39, 0.29) is 5.82 Å². The number of anilines is 1. The fourth-order valence-corrected chi connectivity index (χ4v) is 1.90. The van der Waals surface area contributed by atoms with Crippen molar-refractivity contribution in [1.82, 2.24) is 5.43 Å². The molecule has 6 heteroatoms. The Kier molecular flexibility index (Phi) is 3.69. The SMILES string of the molecule is O=C(NNc1ccc(F)cc1)C(=O)c1cccs1. The van der Waals surface area contributed by atoms with Crippen LogP contribution in [0.4, 0.5) is 10.1 Å². The maximum Gasteiger partial charge on any atom is 0.311 e. The molecule has 2 N–H and O–H groups in total. The van der Waals surface area contributed by atoms with Crippen LogP contribution in [0.25, 0.3) is 0 Å². The van der Waals surface area contributed by atoms with E-state index in [1.807, 2.05) is 0 Å². The van der Waals surface area contributed by atoms with Crippen LogP contribution in [-0.2, 0) is 4.79 Å². The van der Waals surface area contributed by atoms with Gasteiger partial charge in [-0.15, -0.1) is 11.3 Å². The average Bonchev–Trinajstić information content (AvgIpc) is 2.90. The van der Waals surface area contributed by atoms with Crippen molar-refractivity contribution in [2.75, 3.05) is 5.43 Å². The molecular formula is C12H9FN2O2S. The number of hydrogen-bond donors (Lipinski definition) is 2. The number of carbonyl (C=O) groups excluding carboxylic acids is 2. The zero-order chi connectivity index (χ0) is 13.0. The Labute approximate surface area is 106 Å². The van der Waals surface area contributed by atoms with Crippen molar-refractivity contribution >= 4 is 28.7 Å². The fraction of sp³-hybridized carbons (Fsp3) is 0. The Morgan fingerprint density at radius 2 is 1.83 bits per heavy atom. The Balaban J connectivity index is 1.92. The zero-order valence-corrected chi connectivity index (χ0v) is 9.96. The normalized spacial score (nSPS) is 9.83. The van der Waals surface area contributed by atoms with Gasteiger partial charge >= 0.3 is 5.91 Å². The van der Waals surface area contributed by atoms with Crippen molar-refractivity contribution in [3.63, 3.8) is 0 Å². The second kappa shape index (κ2) is 5.42. The van der Waals surface area contributed by atoms with Crippen LogP contribution in [0.15, 0.2) is 41.8 Å². The van der Waals surface area contributed by atoms with Gasteiger partial charge in [-0.2, -0.15) is 0 Å². The Bertz CT molecular complexity index is 552. The van der Waals surface area contributed by atoms with E-state index in [9.17, 15) is 14.0 Å². The number of nitrogens with one attached hydrogen (secondary N) is 2. The fourth-order valence-electron chi connectivity index (χ4n) is 1.24. The minimum atomic E-state index is -0.762. The predicted molar refractivity (Wildman–Crippen MR) is 66.8 cm³/mol. The molecule has 0 bridgehead atoms. The monoisotopic (exact) mass is 264 g/mol. The number of Topliss-reactive ketones (excluding diaryl/α,β-unsaturated/α-hetero) is 1. The summed E-state index contributed by atoms with van der Waals surface area (Å²) >= 11 is 1.20. The maximum absolute atomic E-state index is 12.6. The number of ketones is 1. The third kappa shape index (κ3) is 2.92. The molecule has 0 radical (unpaired) electrons. The molecule has 92 valence electrons. The zero-order valence-electron chi connectivity index (χ0n) is 9.14. The Morgan fingerprint density at radius 3 is 2.44 bits per heavy atom. The van der Waals surface area contributed by atoms with E-state index < -0.39 is 11.7 Å². The van der Waals surface area contributed by atoms with Gasteiger partial charge in [-0.05, 0) is 35.7 Å². The first kappa shape index (κ1) is 12.3. The molecule has 0 aliphatic heterocycles. The van der Waals surface area contributed by atoms with Gasteiger partial charge in [0.05, 0.1) is 10.6 Å². The van der Waals surface area contributed by atoms with Gasteiger partial charge in [0.2, 0.25) is 0 Å². The third-order valence-electron chi connectivity index (χ3n) is 2.12. The van der Waals surface area contributed by atoms with Crippen molar-refractivity contribution in [3.8, 4) is 0 Å². The lowest BCUT2D eigenvalue weighted by Gasteiger charge is -2.06. The first-order chi connectivity index (χ1) is 8.66. The number of thiophene rings is 1. The predicted octanol–water partition coefficient (Wildman–Crippen LogP) is 2.21. The lowest BCUT2D eigenvalue weighted by molar-refractivity contribution is -0.116. The molecule has 1 amide bonds. The number of benzene rings is 1. The molecule has 0 aliphatic rings. The van der Waals surface area contributed by atoms with Gasteiger partial charge in [0, 0.05) is 0 Å². The van der Waals surface area contributed by atoms with E-state index in [4.69, 9.17) is 0 Å². The van der Waals surface area contributed by atoms with E-state index in [1.165, 1.54) is 35.6 Å². The van der Waals surface area contributed by atoms with Crippen molar-refractivity contribution in [2.45, 2.75) is 0 Å². The van der Waals surface area contributed by atoms with E-state index >= 15 is 0 Å². The van der Waals surface area contributed by atoms with Gasteiger partial charge in [-0.25, -0.2) is 4.39 Å². The summed E-state index contributed by atoms with van der Waals surface area (Å²) in [4.78, 5) is 23.4. The van der Waals surface area contributed by atoms with E-state index in [1.54, 1.807) is 17.5 Å². The van der Waals surface area contributed by atoms with Gasteiger partial charge in [0.1, 0.15) is 5.82 Å². The molecule has 0 spiro atoms. The summed E-state index contributed by atoms with van der Waals surface area (Å²) in [6.07, 6.45) is 0. The van der Waals surface area contributed by atoms with Gasteiger partial charge in [-0.3, -0.25) is 20.4 Å². The highest BCUT2D eigenvalue weighted by Gasteiger charge is 2.16. The van der Waals surface area contributed by atoms with Crippen LogP contribution in [0.3, 0.4) is 0 Å². The lowest BCUT2D eigenvalue weighted by Crippen LogP contribution is -2.35. The van der Waals surface area contributed by atoms with Gasteiger partial charge < -0.3 is 0 Å². The second-order valence-corrected chi connectivity index (χ2v) is 4.34. The van der Waals surface area contributed by atoms with Crippen molar-refractivity contribution in [3.05, 3.63) is 52.5 Å². The topological polar surface area (TPSA) is 58.2 Å². The molecule has 18 heavy (non-hydrogen) atoms. The molecule has 1 aromatic carbocycles. The third-order valence-corrected chi connectivity index (χ3v) is 2.98. The van der Waals surface area contributed by atoms with Crippen LogP contribution >= 0.6 is 11.3 Å². The number of hydrogen-bond acceptors (Lipinski definition) is 4. The van der Waals surface area contributed by atoms with E-state index in [2.05, 4.69) is 10.9 Å². The first-order valence-corrected chi connectivity index (χ1v) is 5.94. The van der Waals surface area contributed by atoms with Crippen molar-refractivity contribution in [1.29, 1.82) is 0 Å². The smallest absolute Gasteiger partial charge is 0.298 e. The van der Waals surface area contributed by atoms with Crippen LogP contribution < -0.4 is 10.9 Å². The molecule has 0 saturated heterocycles. The molecule has 0 aliphatic carbocycles. The van der Waals surface area contributed by atoms with Crippen LogP contribution in [0.5, 0.6) is 0 Å². The maximum atomic E-state index is 12.6. The van der Waals surface area contributed by atoms with E-state index in [0.717, 1.165) is 0 Å². The average molecular weight is 264 g/mol. The quantitative estimate of drug-likeness (QED) is 0.505. The molecular weight excluding hydrogens is 255 g/mol. The van der Waals surface area contributed by atoms with Gasteiger partial charge in [0.15, 0.2) is 0 Å². The molecule has 2 aromatic rings. The van der Waals surface area contributed by atoms with Crippen molar-refractivity contribution < 1.29 is 14.0 Å². The van der Waals surface area contributed by atoms with Crippen LogP contribution in [-0.4, -0.2) is 11.7 Å². The minimum Gasteiger partial charge on any atom is -0.298 e. The van der Waals surface area contributed by atoms with Gasteiger partial charge in [-0.1, -0.05) is 6.07 Å². The molecule has 0 unspecified atom stereocenters. The molecule has 2 rings (SSSR count).